The third-order valence-corrected chi connectivity index (χ3v) is 3.67. The highest BCUT2D eigenvalue weighted by molar-refractivity contribution is 9.10. The van der Waals surface area contributed by atoms with Crippen molar-refractivity contribution in [1.82, 2.24) is 0 Å². The Morgan fingerprint density at radius 2 is 2.18 bits per heavy atom. The second kappa shape index (κ2) is 4.94. The van der Waals surface area contributed by atoms with Crippen molar-refractivity contribution in [3.8, 4) is 0 Å². The molecule has 0 unspecified atom stereocenters. The van der Waals surface area contributed by atoms with Gasteiger partial charge < -0.3 is 9.73 Å². The van der Waals surface area contributed by atoms with Gasteiger partial charge in [0.05, 0.1) is 21.4 Å². The predicted molar refractivity (Wildman–Crippen MR) is 70.6 cm³/mol. The molecule has 2 aromatic rings. The van der Waals surface area contributed by atoms with Crippen molar-refractivity contribution in [2.45, 2.75) is 6.92 Å². The van der Waals surface area contributed by atoms with Gasteiger partial charge in [0.2, 0.25) is 0 Å². The molecule has 3 nitrogen and oxygen atoms in total. The Kier molecular flexibility index (Phi) is 3.54. The molecule has 0 aliphatic carbocycles. The van der Waals surface area contributed by atoms with Crippen molar-refractivity contribution in [3.63, 3.8) is 0 Å². The standard InChI is InChI=1S/C12H9BrClNO2/c1-7-5-6-17-11(7)12(16)15-9-4-2-3-8(14)10(9)13/h2-6H,1H3,(H,15,16). The van der Waals surface area contributed by atoms with Gasteiger partial charge in [-0.15, -0.1) is 0 Å². The van der Waals surface area contributed by atoms with E-state index in [0.717, 1.165) is 5.56 Å². The number of hydrogen-bond acceptors (Lipinski definition) is 2. The Morgan fingerprint density at radius 1 is 1.41 bits per heavy atom. The number of amides is 1. The molecule has 1 N–H and O–H groups in total. The van der Waals surface area contributed by atoms with Crippen molar-refractivity contribution in [2.24, 2.45) is 0 Å². The molecule has 1 heterocycles. The highest BCUT2D eigenvalue weighted by Gasteiger charge is 2.14. The minimum atomic E-state index is -0.296. The predicted octanol–water partition coefficient (Wildman–Crippen LogP) is 4.26. The van der Waals surface area contributed by atoms with Crippen molar-refractivity contribution >= 4 is 39.1 Å². The summed E-state index contributed by atoms with van der Waals surface area (Å²) < 4.78 is 5.76. The lowest BCUT2D eigenvalue weighted by molar-refractivity contribution is 0.0996. The van der Waals surface area contributed by atoms with Crippen LogP contribution in [0.2, 0.25) is 5.02 Å². The van der Waals surface area contributed by atoms with Gasteiger partial charge in [0.25, 0.3) is 5.91 Å². The van der Waals surface area contributed by atoms with Gasteiger partial charge in [-0.1, -0.05) is 17.7 Å². The summed E-state index contributed by atoms with van der Waals surface area (Å²) in [5.41, 5.74) is 1.40. The summed E-state index contributed by atoms with van der Waals surface area (Å²) >= 11 is 9.25. The first-order valence-electron chi connectivity index (χ1n) is 4.89. The van der Waals surface area contributed by atoms with Crippen LogP contribution >= 0.6 is 27.5 Å². The first-order valence-corrected chi connectivity index (χ1v) is 6.06. The topological polar surface area (TPSA) is 42.2 Å². The summed E-state index contributed by atoms with van der Waals surface area (Å²) in [4.78, 5) is 11.9. The number of anilines is 1. The number of rotatable bonds is 2. The van der Waals surface area contributed by atoms with E-state index in [4.69, 9.17) is 16.0 Å². The summed E-state index contributed by atoms with van der Waals surface area (Å²) in [6.07, 6.45) is 1.48. The second-order valence-corrected chi connectivity index (χ2v) is 4.69. The zero-order chi connectivity index (χ0) is 12.4. The average Bonchev–Trinajstić information content (AvgIpc) is 2.71. The number of benzene rings is 1. The van der Waals surface area contributed by atoms with E-state index < -0.39 is 0 Å². The fourth-order valence-electron chi connectivity index (χ4n) is 1.38. The van der Waals surface area contributed by atoms with Crippen LogP contribution in [0.4, 0.5) is 5.69 Å². The first-order chi connectivity index (χ1) is 8.09. The van der Waals surface area contributed by atoms with Gasteiger partial charge in [0, 0.05) is 5.56 Å². The molecular weight excluding hydrogens is 305 g/mol. The molecule has 0 radical (unpaired) electrons. The van der Waals surface area contributed by atoms with E-state index in [1.807, 2.05) is 6.92 Å². The van der Waals surface area contributed by atoms with Gasteiger partial charge in [-0.25, -0.2) is 0 Å². The van der Waals surface area contributed by atoms with E-state index in [0.29, 0.717) is 20.9 Å². The zero-order valence-electron chi connectivity index (χ0n) is 8.96. The van der Waals surface area contributed by atoms with Crippen LogP contribution in [-0.4, -0.2) is 5.91 Å². The van der Waals surface area contributed by atoms with Crippen LogP contribution in [0.25, 0.3) is 0 Å². The van der Waals surface area contributed by atoms with Crippen LogP contribution in [0.15, 0.2) is 39.4 Å². The maximum Gasteiger partial charge on any atom is 0.291 e. The summed E-state index contributed by atoms with van der Waals surface area (Å²) in [7, 11) is 0. The lowest BCUT2D eigenvalue weighted by Crippen LogP contribution is -2.12. The molecule has 5 heteroatoms. The molecule has 0 saturated carbocycles. The van der Waals surface area contributed by atoms with E-state index in [2.05, 4.69) is 21.2 Å². The Labute approximate surface area is 112 Å². The monoisotopic (exact) mass is 313 g/mol. The molecule has 0 atom stereocenters. The number of hydrogen-bond donors (Lipinski definition) is 1. The van der Waals surface area contributed by atoms with Gasteiger partial charge in [0.1, 0.15) is 0 Å². The third-order valence-electron chi connectivity index (χ3n) is 2.27. The van der Waals surface area contributed by atoms with Crippen LogP contribution < -0.4 is 5.32 Å². The third kappa shape index (κ3) is 2.53. The van der Waals surface area contributed by atoms with E-state index in [1.54, 1.807) is 24.3 Å². The number of furan rings is 1. The minimum Gasteiger partial charge on any atom is -0.459 e. The fourth-order valence-corrected chi connectivity index (χ4v) is 1.92. The van der Waals surface area contributed by atoms with Gasteiger partial charge >= 0.3 is 0 Å². The molecule has 1 amide bonds. The highest BCUT2D eigenvalue weighted by atomic mass is 79.9. The van der Waals surface area contributed by atoms with E-state index >= 15 is 0 Å². The Bertz CT molecular complexity index is 565. The van der Waals surface area contributed by atoms with E-state index in [9.17, 15) is 4.79 Å². The maximum atomic E-state index is 11.9. The van der Waals surface area contributed by atoms with E-state index in [1.165, 1.54) is 6.26 Å². The largest absolute Gasteiger partial charge is 0.459 e. The van der Waals surface area contributed by atoms with Gasteiger partial charge in [-0.3, -0.25) is 4.79 Å². The van der Waals surface area contributed by atoms with Crippen molar-refractivity contribution < 1.29 is 9.21 Å². The molecule has 0 fully saturated rings. The second-order valence-electron chi connectivity index (χ2n) is 3.49. The fraction of sp³-hybridized carbons (Fsp3) is 0.0833. The molecule has 0 saturated heterocycles. The van der Waals surface area contributed by atoms with Crippen molar-refractivity contribution in [2.75, 3.05) is 5.32 Å². The van der Waals surface area contributed by atoms with Crippen LogP contribution in [0.1, 0.15) is 16.1 Å². The summed E-state index contributed by atoms with van der Waals surface area (Å²) in [5, 5.41) is 3.27. The zero-order valence-corrected chi connectivity index (χ0v) is 11.3. The molecule has 88 valence electrons. The summed E-state index contributed by atoms with van der Waals surface area (Å²) in [6, 6.07) is 6.99. The van der Waals surface area contributed by atoms with Crippen LogP contribution in [0.5, 0.6) is 0 Å². The minimum absolute atomic E-state index is 0.296. The number of halogens is 2. The first kappa shape index (κ1) is 12.2. The van der Waals surface area contributed by atoms with Crippen LogP contribution in [0, 0.1) is 6.92 Å². The van der Waals surface area contributed by atoms with Crippen molar-refractivity contribution in [1.29, 1.82) is 0 Å². The molecule has 0 bridgehead atoms. The van der Waals surface area contributed by atoms with Crippen molar-refractivity contribution in [3.05, 3.63) is 51.3 Å². The van der Waals surface area contributed by atoms with Gasteiger partial charge in [-0.2, -0.15) is 0 Å². The molecule has 1 aromatic carbocycles. The molecule has 1 aromatic heterocycles. The normalized spacial score (nSPS) is 10.3. The number of carbonyl (C=O) groups is 1. The Hall–Kier alpha value is -1.26. The maximum absolute atomic E-state index is 11.9. The highest BCUT2D eigenvalue weighted by Crippen LogP contribution is 2.30. The van der Waals surface area contributed by atoms with E-state index in [-0.39, 0.29) is 5.91 Å². The molecule has 0 aliphatic rings. The van der Waals surface area contributed by atoms with Crippen LogP contribution in [0.3, 0.4) is 0 Å². The number of carbonyl (C=O) groups excluding carboxylic acids is 1. The molecule has 0 spiro atoms. The molecule has 2 rings (SSSR count). The smallest absolute Gasteiger partial charge is 0.291 e. The summed E-state index contributed by atoms with van der Waals surface area (Å²) in [5.74, 6) is 0.00680. The van der Waals surface area contributed by atoms with Crippen LogP contribution in [-0.2, 0) is 0 Å². The van der Waals surface area contributed by atoms with Gasteiger partial charge in [0.15, 0.2) is 5.76 Å². The average molecular weight is 315 g/mol. The number of nitrogens with one attached hydrogen (secondary N) is 1. The Morgan fingerprint density at radius 3 is 2.82 bits per heavy atom. The summed E-state index contributed by atoms with van der Waals surface area (Å²) in [6.45, 7) is 1.81. The SMILES string of the molecule is Cc1ccoc1C(=O)Nc1cccc(Cl)c1Br. The number of aryl methyl sites for hydroxylation is 1. The lowest BCUT2D eigenvalue weighted by atomic mass is 10.2. The molecule has 17 heavy (non-hydrogen) atoms. The quantitative estimate of drug-likeness (QED) is 0.900. The molecule has 0 aliphatic heterocycles. The molecular formula is C12H9BrClNO2. The van der Waals surface area contributed by atoms with Gasteiger partial charge in [-0.05, 0) is 41.1 Å². The lowest BCUT2D eigenvalue weighted by Gasteiger charge is -2.07. The Balaban J connectivity index is 2.25.